The van der Waals surface area contributed by atoms with Gasteiger partial charge in [-0.15, -0.1) is 0 Å². The van der Waals surface area contributed by atoms with Gasteiger partial charge >= 0.3 is 11.6 Å². The van der Waals surface area contributed by atoms with Gasteiger partial charge in [-0.2, -0.15) is 0 Å². The molecule has 0 bridgehead atoms. The fourth-order valence-corrected chi connectivity index (χ4v) is 1.45. The van der Waals surface area contributed by atoms with Gasteiger partial charge in [-0.05, 0) is 18.2 Å². The van der Waals surface area contributed by atoms with Crippen LogP contribution in [-0.4, -0.2) is 5.97 Å². The fraction of sp³-hybridized carbons (Fsp3) is 0.0909. The number of halogens is 1. The quantitative estimate of drug-likeness (QED) is 0.565. The minimum atomic E-state index is -0.704. The van der Waals surface area contributed by atoms with Gasteiger partial charge in [0.1, 0.15) is 5.58 Å². The predicted molar refractivity (Wildman–Crippen MR) is 58.8 cm³/mol. The first-order chi connectivity index (χ1) is 7.56. The number of hydrogen-bond donors (Lipinski definition) is 0. The van der Waals surface area contributed by atoms with E-state index in [0.29, 0.717) is 16.0 Å². The number of benzene rings is 1. The maximum absolute atomic E-state index is 11.4. The Morgan fingerprint density at radius 1 is 1.38 bits per heavy atom. The molecule has 5 heteroatoms. The van der Waals surface area contributed by atoms with Crippen molar-refractivity contribution in [2.75, 3.05) is 0 Å². The monoisotopic (exact) mass is 238 g/mol. The number of carbonyl (C=O) groups is 1. The molecule has 16 heavy (non-hydrogen) atoms. The Balaban J connectivity index is 2.63. The van der Waals surface area contributed by atoms with Crippen molar-refractivity contribution < 1.29 is 13.9 Å². The average Bonchev–Trinajstić information content (AvgIpc) is 2.19. The minimum Gasteiger partial charge on any atom is -0.420 e. The smallest absolute Gasteiger partial charge is 0.379 e. The summed E-state index contributed by atoms with van der Waals surface area (Å²) in [6, 6.07) is 6.30. The lowest BCUT2D eigenvalue weighted by Gasteiger charge is -2.01. The molecule has 2 rings (SSSR count). The number of hydrogen-bond acceptors (Lipinski definition) is 4. The summed E-state index contributed by atoms with van der Waals surface area (Å²) >= 11 is 5.75. The number of esters is 1. The van der Waals surface area contributed by atoms with Crippen molar-refractivity contribution >= 4 is 28.5 Å². The third kappa shape index (κ3) is 2.06. The van der Waals surface area contributed by atoms with Crippen LogP contribution in [0.1, 0.15) is 6.92 Å². The molecule has 0 aliphatic carbocycles. The molecule has 0 unspecified atom stereocenters. The molecule has 0 saturated heterocycles. The lowest BCUT2D eigenvalue weighted by molar-refractivity contribution is -0.132. The minimum absolute atomic E-state index is 0.123. The molecule has 0 saturated carbocycles. The van der Waals surface area contributed by atoms with Crippen LogP contribution in [0, 0.1) is 0 Å². The normalized spacial score (nSPS) is 10.4. The first kappa shape index (κ1) is 10.7. The molecule has 2 aromatic rings. The fourth-order valence-electron chi connectivity index (χ4n) is 1.29. The topological polar surface area (TPSA) is 56.5 Å². The number of rotatable bonds is 1. The van der Waals surface area contributed by atoms with Crippen LogP contribution < -0.4 is 10.4 Å². The van der Waals surface area contributed by atoms with Crippen LogP contribution in [-0.2, 0) is 4.79 Å². The molecule has 0 fully saturated rings. The second kappa shape index (κ2) is 3.98. The third-order valence-electron chi connectivity index (χ3n) is 1.92. The molecule has 1 aromatic heterocycles. The molecular formula is C11H7ClO4. The van der Waals surface area contributed by atoms with E-state index in [-0.39, 0.29) is 5.75 Å². The first-order valence-electron chi connectivity index (χ1n) is 4.48. The van der Waals surface area contributed by atoms with Crippen LogP contribution >= 0.6 is 11.6 Å². The Labute approximate surface area is 95.4 Å². The lowest BCUT2D eigenvalue weighted by Crippen LogP contribution is -2.10. The van der Waals surface area contributed by atoms with Crippen LogP contribution in [0.4, 0.5) is 0 Å². The summed E-state index contributed by atoms with van der Waals surface area (Å²) in [5.74, 6) is -0.692. The van der Waals surface area contributed by atoms with Gasteiger partial charge in [-0.1, -0.05) is 11.6 Å². The maximum atomic E-state index is 11.4. The van der Waals surface area contributed by atoms with Crippen LogP contribution in [0.2, 0.25) is 5.02 Å². The molecule has 0 N–H and O–H groups in total. The van der Waals surface area contributed by atoms with Crippen molar-refractivity contribution in [3.8, 4) is 5.75 Å². The molecule has 0 aliphatic rings. The molecule has 0 aliphatic heterocycles. The lowest BCUT2D eigenvalue weighted by atomic mass is 10.2. The molecule has 82 valence electrons. The molecule has 0 amide bonds. The van der Waals surface area contributed by atoms with Gasteiger partial charge in [-0.25, -0.2) is 4.79 Å². The largest absolute Gasteiger partial charge is 0.420 e. The van der Waals surface area contributed by atoms with Crippen LogP contribution in [0.5, 0.6) is 5.75 Å². The van der Waals surface area contributed by atoms with E-state index in [1.165, 1.54) is 19.1 Å². The summed E-state index contributed by atoms with van der Waals surface area (Å²) in [5.41, 5.74) is -0.349. The zero-order chi connectivity index (χ0) is 11.7. The highest BCUT2D eigenvalue weighted by molar-refractivity contribution is 6.31. The van der Waals surface area contributed by atoms with Gasteiger partial charge in [-0.3, -0.25) is 4.79 Å². The van der Waals surface area contributed by atoms with Gasteiger partial charge in [0.15, 0.2) is 0 Å². The van der Waals surface area contributed by atoms with E-state index in [1.807, 2.05) is 0 Å². The Bertz CT molecular complexity index is 615. The molecule has 0 atom stereocenters. The summed E-state index contributed by atoms with van der Waals surface area (Å²) in [4.78, 5) is 22.1. The maximum Gasteiger partial charge on any atom is 0.379 e. The van der Waals surface area contributed by atoms with E-state index in [9.17, 15) is 9.59 Å². The Hall–Kier alpha value is -1.81. The summed E-state index contributed by atoms with van der Waals surface area (Å²) < 4.78 is 9.66. The van der Waals surface area contributed by atoms with Crippen molar-refractivity contribution in [3.05, 3.63) is 39.7 Å². The predicted octanol–water partition coefficient (Wildman–Crippen LogP) is 2.37. The molecular weight excluding hydrogens is 232 g/mol. The van der Waals surface area contributed by atoms with Gasteiger partial charge in [0, 0.05) is 23.4 Å². The highest BCUT2D eigenvalue weighted by atomic mass is 35.5. The van der Waals surface area contributed by atoms with E-state index in [1.54, 1.807) is 12.1 Å². The second-order valence-corrected chi connectivity index (χ2v) is 3.61. The van der Waals surface area contributed by atoms with Gasteiger partial charge < -0.3 is 9.15 Å². The van der Waals surface area contributed by atoms with Gasteiger partial charge in [0.25, 0.3) is 0 Å². The zero-order valence-corrected chi connectivity index (χ0v) is 9.08. The summed E-state index contributed by atoms with van der Waals surface area (Å²) in [6.07, 6.45) is 0. The van der Waals surface area contributed by atoms with Crippen LogP contribution in [0.3, 0.4) is 0 Å². The Morgan fingerprint density at radius 2 is 2.12 bits per heavy atom. The summed E-state index contributed by atoms with van der Waals surface area (Å²) in [5, 5.41) is 1.11. The molecule has 1 aromatic carbocycles. The van der Waals surface area contributed by atoms with Crippen molar-refractivity contribution in [2.24, 2.45) is 0 Å². The Kier molecular flexibility index (Phi) is 2.66. The van der Waals surface area contributed by atoms with E-state index in [0.717, 1.165) is 0 Å². The van der Waals surface area contributed by atoms with Gasteiger partial charge in [0.2, 0.25) is 5.75 Å². The summed E-state index contributed by atoms with van der Waals surface area (Å²) in [6.45, 7) is 1.21. The first-order valence-corrected chi connectivity index (χ1v) is 4.86. The molecule has 0 spiro atoms. The summed E-state index contributed by atoms with van der Waals surface area (Å²) in [7, 11) is 0. The Morgan fingerprint density at radius 3 is 2.81 bits per heavy atom. The zero-order valence-electron chi connectivity index (χ0n) is 8.32. The van der Waals surface area contributed by atoms with E-state index in [4.69, 9.17) is 20.8 Å². The van der Waals surface area contributed by atoms with Crippen LogP contribution in [0.15, 0.2) is 33.5 Å². The van der Waals surface area contributed by atoms with E-state index in [2.05, 4.69) is 0 Å². The molecule has 1 heterocycles. The molecule has 0 radical (unpaired) electrons. The van der Waals surface area contributed by atoms with Crippen molar-refractivity contribution in [3.63, 3.8) is 0 Å². The standard InChI is InChI=1S/C11H7ClO4/c1-6(13)15-10-4-7-2-3-8(12)5-9(7)16-11(10)14/h2-5H,1H3. The average molecular weight is 239 g/mol. The SMILES string of the molecule is CC(=O)Oc1cc2ccc(Cl)cc2oc1=O. The molecule has 4 nitrogen and oxygen atoms in total. The van der Waals surface area contributed by atoms with Crippen molar-refractivity contribution in [2.45, 2.75) is 6.92 Å². The highest BCUT2D eigenvalue weighted by Crippen LogP contribution is 2.20. The van der Waals surface area contributed by atoms with E-state index >= 15 is 0 Å². The van der Waals surface area contributed by atoms with Crippen LogP contribution in [0.25, 0.3) is 11.0 Å². The number of carbonyl (C=O) groups excluding carboxylic acids is 1. The van der Waals surface area contributed by atoms with Crippen molar-refractivity contribution in [1.82, 2.24) is 0 Å². The second-order valence-electron chi connectivity index (χ2n) is 3.17. The number of ether oxygens (including phenoxy) is 1. The highest BCUT2D eigenvalue weighted by Gasteiger charge is 2.08. The third-order valence-corrected chi connectivity index (χ3v) is 2.15. The van der Waals surface area contributed by atoms with Gasteiger partial charge in [0.05, 0.1) is 0 Å². The van der Waals surface area contributed by atoms with E-state index < -0.39 is 11.6 Å². The number of fused-ring (bicyclic) bond motifs is 1. The van der Waals surface area contributed by atoms with Crippen molar-refractivity contribution in [1.29, 1.82) is 0 Å².